The van der Waals surface area contributed by atoms with E-state index in [1.54, 1.807) is 11.3 Å². The maximum atomic E-state index is 10.6. The van der Waals surface area contributed by atoms with E-state index in [2.05, 4.69) is 20.1 Å². The fraction of sp³-hybridized carbons (Fsp3) is 0.385. The summed E-state index contributed by atoms with van der Waals surface area (Å²) in [5.41, 5.74) is 7.42. The van der Waals surface area contributed by atoms with E-state index in [0.29, 0.717) is 11.6 Å². The molecule has 1 aliphatic rings. The number of aryl methyl sites for hydroxylation is 2. The summed E-state index contributed by atoms with van der Waals surface area (Å²) in [6.07, 6.45) is 5.75. The molecule has 0 aliphatic heterocycles. The molecule has 0 atom stereocenters. The van der Waals surface area contributed by atoms with Crippen LogP contribution >= 0.6 is 11.3 Å². The zero-order valence-electron chi connectivity index (χ0n) is 12.1. The maximum Gasteiger partial charge on any atom is 0.490 e. The van der Waals surface area contributed by atoms with E-state index in [-0.39, 0.29) is 6.54 Å². The number of hydrogen-bond acceptors (Lipinski definition) is 8. The van der Waals surface area contributed by atoms with Crippen molar-refractivity contribution in [3.63, 3.8) is 0 Å². The molecule has 9 nitrogen and oxygen atoms in total. The molecule has 0 radical (unpaired) electrons. The van der Waals surface area contributed by atoms with Gasteiger partial charge < -0.3 is 15.8 Å². The molecule has 3 aromatic rings. The Bertz CT molecular complexity index is 917. The Labute approximate surface area is 134 Å². The van der Waals surface area contributed by atoms with Gasteiger partial charge >= 0.3 is 5.95 Å². The van der Waals surface area contributed by atoms with Gasteiger partial charge in [0.05, 0.1) is 5.39 Å². The first-order valence-corrected chi connectivity index (χ1v) is 8.04. The van der Waals surface area contributed by atoms with Gasteiger partial charge in [0.2, 0.25) is 6.33 Å². The summed E-state index contributed by atoms with van der Waals surface area (Å²) in [4.78, 5) is 24.7. The van der Waals surface area contributed by atoms with Crippen LogP contribution < -0.4 is 5.73 Å². The van der Waals surface area contributed by atoms with Gasteiger partial charge in [-0.3, -0.25) is 0 Å². The average molecular weight is 331 g/mol. The lowest BCUT2D eigenvalue weighted by molar-refractivity contribution is -0.394. The second-order valence-corrected chi connectivity index (χ2v) is 6.50. The summed E-state index contributed by atoms with van der Waals surface area (Å²) < 4.78 is 1.34. The van der Waals surface area contributed by atoms with Crippen LogP contribution in [0.5, 0.6) is 0 Å². The molecule has 3 aromatic heterocycles. The minimum absolute atomic E-state index is 0.198. The van der Waals surface area contributed by atoms with Gasteiger partial charge in [-0.25, -0.2) is 9.97 Å². The highest BCUT2D eigenvalue weighted by atomic mass is 32.1. The molecule has 23 heavy (non-hydrogen) atoms. The number of aromatic nitrogens is 5. The van der Waals surface area contributed by atoms with Crippen LogP contribution in [0.1, 0.15) is 29.1 Å². The van der Waals surface area contributed by atoms with E-state index < -0.39 is 10.9 Å². The van der Waals surface area contributed by atoms with Crippen LogP contribution in [0.15, 0.2) is 6.33 Å². The number of anilines is 1. The smallest absolute Gasteiger partial charge is 0.390 e. The summed E-state index contributed by atoms with van der Waals surface area (Å²) >= 11 is 1.66. The van der Waals surface area contributed by atoms with E-state index in [4.69, 9.17) is 5.73 Å². The molecule has 0 saturated carbocycles. The highest BCUT2D eigenvalue weighted by Gasteiger charge is 2.21. The third kappa shape index (κ3) is 2.40. The van der Waals surface area contributed by atoms with Crippen molar-refractivity contribution < 1.29 is 4.92 Å². The fourth-order valence-corrected chi connectivity index (χ4v) is 4.18. The number of nitro groups is 1. The van der Waals surface area contributed by atoms with Crippen molar-refractivity contribution in [1.29, 1.82) is 0 Å². The van der Waals surface area contributed by atoms with Crippen molar-refractivity contribution >= 4 is 33.3 Å². The minimum Gasteiger partial charge on any atom is -0.390 e. The molecular formula is C13H13N7O2S. The van der Waals surface area contributed by atoms with Crippen LogP contribution in [0.4, 0.5) is 11.8 Å². The van der Waals surface area contributed by atoms with Crippen molar-refractivity contribution in [2.24, 2.45) is 0 Å². The Hall–Kier alpha value is -2.62. The van der Waals surface area contributed by atoms with Gasteiger partial charge in [-0.1, -0.05) is 4.98 Å². The van der Waals surface area contributed by atoms with Crippen LogP contribution in [-0.2, 0) is 19.4 Å². The molecule has 0 spiro atoms. The van der Waals surface area contributed by atoms with E-state index in [1.807, 2.05) is 0 Å². The van der Waals surface area contributed by atoms with Crippen LogP contribution in [0.3, 0.4) is 0 Å². The SMILES string of the molecule is Nc1nc(Cn2cnc([N+](=O)[O-])n2)nc2sc3c(c12)CCCC3. The number of hydrogen-bond donors (Lipinski definition) is 1. The Balaban J connectivity index is 1.72. The van der Waals surface area contributed by atoms with Crippen molar-refractivity contribution in [3.05, 3.63) is 32.7 Å². The molecule has 0 amide bonds. The largest absolute Gasteiger partial charge is 0.490 e. The van der Waals surface area contributed by atoms with Crippen molar-refractivity contribution in [2.45, 2.75) is 32.2 Å². The molecule has 0 unspecified atom stereocenters. The predicted octanol–water partition coefficient (Wildman–Crippen LogP) is 1.70. The average Bonchev–Trinajstić information content (AvgIpc) is 3.11. The third-order valence-corrected chi connectivity index (χ3v) is 5.07. The molecule has 1 aliphatic carbocycles. The Morgan fingerprint density at radius 2 is 2.17 bits per heavy atom. The summed E-state index contributed by atoms with van der Waals surface area (Å²) in [5.74, 6) is 0.512. The fourth-order valence-electron chi connectivity index (χ4n) is 2.89. The highest BCUT2D eigenvalue weighted by Crippen LogP contribution is 2.37. The summed E-state index contributed by atoms with van der Waals surface area (Å²) in [6.45, 7) is 0.198. The molecule has 0 saturated heterocycles. The molecule has 118 valence electrons. The molecule has 3 heterocycles. The molecule has 4 rings (SSSR count). The van der Waals surface area contributed by atoms with Crippen molar-refractivity contribution in [2.75, 3.05) is 5.73 Å². The van der Waals surface area contributed by atoms with Gasteiger partial charge in [-0.2, -0.15) is 4.68 Å². The zero-order chi connectivity index (χ0) is 16.0. The lowest BCUT2D eigenvalue weighted by atomic mass is 9.97. The second kappa shape index (κ2) is 5.23. The van der Waals surface area contributed by atoms with Crippen LogP contribution in [0.2, 0.25) is 0 Å². The number of nitrogens with two attached hydrogens (primary N) is 1. The van der Waals surface area contributed by atoms with Crippen LogP contribution in [-0.4, -0.2) is 29.7 Å². The molecule has 0 bridgehead atoms. The Morgan fingerprint density at radius 3 is 2.96 bits per heavy atom. The standard InChI is InChI=1S/C13H13N7O2S/c14-11-10-7-3-1-2-4-8(7)23-12(10)17-9(16-11)5-19-6-15-13(18-19)20(21)22/h6H,1-5H2,(H2,14,16,17). The van der Waals surface area contributed by atoms with Crippen molar-refractivity contribution in [3.8, 4) is 0 Å². The van der Waals surface area contributed by atoms with Gasteiger partial charge in [0, 0.05) is 9.98 Å². The molecule has 2 N–H and O–H groups in total. The molecular weight excluding hydrogens is 318 g/mol. The van der Waals surface area contributed by atoms with Crippen LogP contribution in [0.25, 0.3) is 10.2 Å². The third-order valence-electron chi connectivity index (χ3n) is 3.88. The maximum absolute atomic E-state index is 10.6. The lowest BCUT2D eigenvalue weighted by Gasteiger charge is -2.10. The molecule has 0 aromatic carbocycles. The van der Waals surface area contributed by atoms with Gasteiger partial charge in [0.25, 0.3) is 0 Å². The van der Waals surface area contributed by atoms with Gasteiger partial charge in [0.1, 0.15) is 17.2 Å². The number of rotatable bonds is 3. The van der Waals surface area contributed by atoms with E-state index in [1.165, 1.54) is 34.3 Å². The topological polar surface area (TPSA) is 126 Å². The minimum atomic E-state index is -0.637. The Morgan fingerprint density at radius 1 is 1.35 bits per heavy atom. The Kier molecular flexibility index (Phi) is 3.18. The number of nitrogens with zero attached hydrogens (tertiary/aromatic N) is 6. The first-order valence-electron chi connectivity index (χ1n) is 7.22. The second-order valence-electron chi connectivity index (χ2n) is 5.42. The zero-order valence-corrected chi connectivity index (χ0v) is 12.9. The van der Waals surface area contributed by atoms with E-state index in [0.717, 1.165) is 23.1 Å². The van der Waals surface area contributed by atoms with Gasteiger partial charge in [0.15, 0.2) is 5.82 Å². The van der Waals surface area contributed by atoms with Gasteiger partial charge in [-0.05, 0) is 36.2 Å². The normalized spacial score (nSPS) is 14.1. The molecule has 10 heteroatoms. The summed E-state index contributed by atoms with van der Waals surface area (Å²) in [6, 6.07) is 0. The number of fused-ring (bicyclic) bond motifs is 3. The highest BCUT2D eigenvalue weighted by molar-refractivity contribution is 7.19. The quantitative estimate of drug-likeness (QED) is 0.571. The van der Waals surface area contributed by atoms with Crippen LogP contribution in [0, 0.1) is 10.1 Å². The van der Waals surface area contributed by atoms with E-state index >= 15 is 0 Å². The summed E-state index contributed by atoms with van der Waals surface area (Å²) in [5, 5.41) is 15.4. The molecule has 0 fully saturated rings. The number of nitrogen functional groups attached to an aromatic ring is 1. The lowest BCUT2D eigenvalue weighted by Crippen LogP contribution is -2.08. The first-order chi connectivity index (χ1) is 11.1. The monoisotopic (exact) mass is 331 g/mol. The van der Waals surface area contributed by atoms with Gasteiger partial charge in [-0.15, -0.1) is 11.3 Å². The van der Waals surface area contributed by atoms with E-state index in [9.17, 15) is 10.1 Å². The number of thiophene rings is 1. The predicted molar refractivity (Wildman–Crippen MR) is 84.2 cm³/mol. The first kappa shape index (κ1) is 14.0. The van der Waals surface area contributed by atoms with Crippen molar-refractivity contribution in [1.82, 2.24) is 24.7 Å². The summed E-state index contributed by atoms with van der Waals surface area (Å²) in [7, 11) is 0.